The van der Waals surface area contributed by atoms with E-state index in [1.54, 1.807) is 24.3 Å². The van der Waals surface area contributed by atoms with E-state index in [-0.39, 0.29) is 23.6 Å². The normalized spacial score (nSPS) is 34.5. The second-order valence-corrected chi connectivity index (χ2v) is 9.42. The summed E-state index contributed by atoms with van der Waals surface area (Å²) in [5.74, 6) is 2.20. The molecule has 1 saturated heterocycles. The first-order valence-electron chi connectivity index (χ1n) is 9.97. The van der Waals surface area contributed by atoms with Crippen molar-refractivity contribution in [3.05, 3.63) is 29.3 Å². The molecular formula is C21H25ClN2O3. The summed E-state index contributed by atoms with van der Waals surface area (Å²) in [5.41, 5.74) is -0.0881. The summed E-state index contributed by atoms with van der Waals surface area (Å²) in [6.45, 7) is 0.940. The molecule has 1 heterocycles. The molecule has 1 aromatic carbocycles. The summed E-state index contributed by atoms with van der Waals surface area (Å²) in [6.07, 6.45) is 7.36. The lowest BCUT2D eigenvalue weighted by atomic mass is 9.43. The van der Waals surface area contributed by atoms with Crippen LogP contribution in [-0.2, 0) is 9.59 Å². The molecule has 6 rings (SSSR count). The van der Waals surface area contributed by atoms with Crippen molar-refractivity contribution in [2.75, 3.05) is 13.2 Å². The zero-order valence-corrected chi connectivity index (χ0v) is 16.1. The largest absolute Gasteiger partial charge is 0.484 e. The van der Waals surface area contributed by atoms with E-state index >= 15 is 0 Å². The standard InChI is InChI=1S/C21H25ClN2O3/c22-16-4-6-17(7-5-16)27-10-18(25)23-20-11-21(12-20,13-20)24-9-15(8-19(24)26)14-2-1-3-14/h4-7,14-15H,1-3,8-13H2,(H,23,25)/t15-,20?,21?/m0/s1. The van der Waals surface area contributed by atoms with Crippen LogP contribution in [0.3, 0.4) is 0 Å². The number of hydrogen-bond donors (Lipinski definition) is 1. The van der Waals surface area contributed by atoms with Gasteiger partial charge in [-0.15, -0.1) is 0 Å². The van der Waals surface area contributed by atoms with Crippen molar-refractivity contribution in [3.8, 4) is 5.75 Å². The molecule has 1 atom stereocenters. The SMILES string of the molecule is O=C(COc1ccc(Cl)cc1)NC12CC(N3C[C@@H](C4CCC4)CC3=O)(C1)C2. The van der Waals surface area contributed by atoms with E-state index in [0.29, 0.717) is 22.6 Å². The van der Waals surface area contributed by atoms with Crippen LogP contribution < -0.4 is 10.1 Å². The number of nitrogens with one attached hydrogen (secondary N) is 1. The number of carbonyl (C=O) groups is 2. The molecule has 27 heavy (non-hydrogen) atoms. The van der Waals surface area contributed by atoms with E-state index in [0.717, 1.165) is 38.1 Å². The highest BCUT2D eigenvalue weighted by Gasteiger charge is 2.72. The van der Waals surface area contributed by atoms with Gasteiger partial charge >= 0.3 is 0 Å². The Morgan fingerprint density at radius 3 is 2.52 bits per heavy atom. The molecule has 0 aromatic heterocycles. The Kier molecular flexibility index (Phi) is 3.94. The maximum absolute atomic E-state index is 12.5. The highest BCUT2D eigenvalue weighted by molar-refractivity contribution is 6.30. The van der Waals surface area contributed by atoms with Gasteiger partial charge in [-0.1, -0.05) is 30.9 Å². The van der Waals surface area contributed by atoms with Gasteiger partial charge in [-0.05, 0) is 55.4 Å². The molecule has 6 heteroatoms. The first-order chi connectivity index (χ1) is 13.0. The number of halogens is 1. The summed E-state index contributed by atoms with van der Waals surface area (Å²) in [6, 6.07) is 6.99. The third kappa shape index (κ3) is 2.91. The Bertz CT molecular complexity index is 754. The smallest absolute Gasteiger partial charge is 0.258 e. The van der Waals surface area contributed by atoms with Crippen molar-refractivity contribution in [3.63, 3.8) is 0 Å². The number of ether oxygens (including phenoxy) is 1. The van der Waals surface area contributed by atoms with Crippen molar-refractivity contribution in [1.29, 1.82) is 0 Å². The van der Waals surface area contributed by atoms with Crippen LogP contribution >= 0.6 is 11.6 Å². The molecule has 4 saturated carbocycles. The van der Waals surface area contributed by atoms with Crippen LogP contribution in [0.4, 0.5) is 0 Å². The predicted molar refractivity (Wildman–Crippen MR) is 102 cm³/mol. The number of benzene rings is 1. The summed E-state index contributed by atoms with van der Waals surface area (Å²) >= 11 is 5.85. The first-order valence-corrected chi connectivity index (χ1v) is 10.3. The summed E-state index contributed by atoms with van der Waals surface area (Å²) in [7, 11) is 0. The zero-order chi connectivity index (χ0) is 18.6. The first kappa shape index (κ1) is 17.4. The van der Waals surface area contributed by atoms with Gasteiger partial charge in [0.05, 0.1) is 0 Å². The Morgan fingerprint density at radius 2 is 1.89 bits per heavy atom. The predicted octanol–water partition coefficient (Wildman–Crippen LogP) is 3.16. The van der Waals surface area contributed by atoms with Crippen LogP contribution in [0.5, 0.6) is 5.75 Å². The molecule has 144 valence electrons. The second-order valence-electron chi connectivity index (χ2n) is 8.99. The third-order valence-electron chi connectivity index (χ3n) is 7.13. The van der Waals surface area contributed by atoms with Crippen molar-refractivity contribution >= 4 is 23.4 Å². The Hall–Kier alpha value is -1.75. The minimum Gasteiger partial charge on any atom is -0.484 e. The van der Waals surface area contributed by atoms with E-state index < -0.39 is 0 Å². The average molecular weight is 389 g/mol. The molecule has 5 nitrogen and oxygen atoms in total. The van der Waals surface area contributed by atoms with E-state index in [2.05, 4.69) is 10.2 Å². The number of hydrogen-bond acceptors (Lipinski definition) is 3. The third-order valence-corrected chi connectivity index (χ3v) is 7.39. The second kappa shape index (κ2) is 6.13. The van der Waals surface area contributed by atoms with E-state index in [4.69, 9.17) is 16.3 Å². The lowest BCUT2D eigenvalue weighted by Crippen LogP contribution is -2.84. The fourth-order valence-electron chi connectivity index (χ4n) is 5.59. The van der Waals surface area contributed by atoms with Crippen LogP contribution in [0.2, 0.25) is 5.02 Å². The van der Waals surface area contributed by atoms with Gasteiger partial charge in [-0.2, -0.15) is 0 Å². The number of nitrogens with zero attached hydrogens (tertiary/aromatic N) is 1. The van der Waals surface area contributed by atoms with Gasteiger partial charge in [0.1, 0.15) is 5.75 Å². The van der Waals surface area contributed by atoms with E-state index in [1.807, 2.05) is 0 Å². The summed E-state index contributed by atoms with van der Waals surface area (Å²) in [5, 5.41) is 3.77. The van der Waals surface area contributed by atoms with Crippen molar-refractivity contribution < 1.29 is 14.3 Å². The highest BCUT2D eigenvalue weighted by atomic mass is 35.5. The zero-order valence-electron chi connectivity index (χ0n) is 15.4. The molecule has 2 bridgehead atoms. The van der Waals surface area contributed by atoms with Gasteiger partial charge in [0, 0.05) is 29.1 Å². The van der Waals surface area contributed by atoms with Gasteiger partial charge in [-0.25, -0.2) is 0 Å². The molecule has 4 aliphatic carbocycles. The van der Waals surface area contributed by atoms with Crippen molar-refractivity contribution in [2.24, 2.45) is 11.8 Å². The molecule has 0 spiro atoms. The van der Waals surface area contributed by atoms with Gasteiger partial charge < -0.3 is 15.0 Å². The van der Waals surface area contributed by atoms with E-state index in [9.17, 15) is 9.59 Å². The Balaban J connectivity index is 1.10. The number of carbonyl (C=O) groups excluding carboxylic acids is 2. The van der Waals surface area contributed by atoms with Crippen molar-refractivity contribution in [1.82, 2.24) is 10.2 Å². The van der Waals surface area contributed by atoms with E-state index in [1.165, 1.54) is 19.3 Å². The minimum atomic E-state index is -0.116. The van der Waals surface area contributed by atoms with Crippen LogP contribution in [0, 0.1) is 11.8 Å². The number of amides is 2. The maximum atomic E-state index is 12.5. The quantitative estimate of drug-likeness (QED) is 0.814. The molecule has 2 amide bonds. The fraction of sp³-hybridized carbons (Fsp3) is 0.619. The van der Waals surface area contributed by atoms with Gasteiger partial charge in [0.25, 0.3) is 5.91 Å². The topological polar surface area (TPSA) is 58.6 Å². The molecule has 1 aromatic rings. The van der Waals surface area contributed by atoms with Crippen LogP contribution in [0.15, 0.2) is 24.3 Å². The van der Waals surface area contributed by atoms with Gasteiger partial charge in [0.15, 0.2) is 6.61 Å². The van der Waals surface area contributed by atoms with Gasteiger partial charge in [-0.3, -0.25) is 9.59 Å². The highest BCUT2D eigenvalue weighted by Crippen LogP contribution is 2.64. The lowest BCUT2D eigenvalue weighted by molar-refractivity contribution is -0.187. The monoisotopic (exact) mass is 388 g/mol. The Morgan fingerprint density at radius 1 is 1.19 bits per heavy atom. The average Bonchev–Trinajstić information content (AvgIpc) is 2.88. The molecular weight excluding hydrogens is 364 g/mol. The molecule has 1 N–H and O–H groups in total. The molecule has 5 fully saturated rings. The molecule has 0 radical (unpaired) electrons. The van der Waals surface area contributed by atoms with Gasteiger partial charge in [0.2, 0.25) is 5.91 Å². The van der Waals surface area contributed by atoms with Crippen LogP contribution in [-0.4, -0.2) is 40.9 Å². The fourth-order valence-corrected chi connectivity index (χ4v) is 5.71. The summed E-state index contributed by atoms with van der Waals surface area (Å²) in [4.78, 5) is 26.9. The van der Waals surface area contributed by atoms with Crippen LogP contribution in [0.1, 0.15) is 44.9 Å². The minimum absolute atomic E-state index is 0.00276. The Labute approximate surface area is 164 Å². The van der Waals surface area contributed by atoms with Crippen molar-refractivity contribution in [2.45, 2.75) is 56.0 Å². The molecule has 5 aliphatic rings. The van der Waals surface area contributed by atoms with Crippen LogP contribution in [0.25, 0.3) is 0 Å². The summed E-state index contributed by atoms with van der Waals surface area (Å²) < 4.78 is 5.52. The lowest BCUT2D eigenvalue weighted by Gasteiger charge is -2.73. The molecule has 1 aliphatic heterocycles. The molecule has 0 unspecified atom stereocenters. The maximum Gasteiger partial charge on any atom is 0.258 e. The number of likely N-dealkylation sites (tertiary alicyclic amines) is 1. The number of rotatable bonds is 6.